The van der Waals surface area contributed by atoms with Gasteiger partial charge in [-0.05, 0) is 46.6 Å². The second-order valence-corrected chi connectivity index (χ2v) is 5.05. The first-order valence-corrected chi connectivity index (χ1v) is 6.54. The zero-order chi connectivity index (χ0) is 14.7. The van der Waals surface area contributed by atoms with Crippen LogP contribution in [0.1, 0.15) is 5.56 Å². The number of hydrogen-bond donors (Lipinski definition) is 2. The molecular formula is C14H11BrF2N2O. The fraction of sp³-hybridized carbons (Fsp3) is 0.0714. The SMILES string of the molecule is Cc1cccc(NC(=O)Nc2c(F)cc(F)cc2Br)c1. The summed E-state index contributed by atoms with van der Waals surface area (Å²) in [6.45, 7) is 1.89. The molecule has 20 heavy (non-hydrogen) atoms. The van der Waals surface area contributed by atoms with Gasteiger partial charge in [0, 0.05) is 16.2 Å². The van der Waals surface area contributed by atoms with Gasteiger partial charge in [0.25, 0.3) is 0 Å². The zero-order valence-corrected chi connectivity index (χ0v) is 12.1. The van der Waals surface area contributed by atoms with Crippen LogP contribution in [-0.2, 0) is 0 Å². The third-order valence-electron chi connectivity index (χ3n) is 2.52. The largest absolute Gasteiger partial charge is 0.323 e. The minimum Gasteiger partial charge on any atom is -0.308 e. The first-order valence-electron chi connectivity index (χ1n) is 5.75. The van der Waals surface area contributed by atoms with Gasteiger partial charge in [-0.3, -0.25) is 0 Å². The average Bonchev–Trinajstić information content (AvgIpc) is 2.33. The van der Waals surface area contributed by atoms with E-state index in [-0.39, 0.29) is 10.2 Å². The van der Waals surface area contributed by atoms with E-state index in [1.54, 1.807) is 18.2 Å². The second-order valence-electron chi connectivity index (χ2n) is 4.19. The highest BCUT2D eigenvalue weighted by atomic mass is 79.9. The van der Waals surface area contributed by atoms with Crippen LogP contribution in [0.4, 0.5) is 25.0 Å². The van der Waals surface area contributed by atoms with Crippen LogP contribution in [0.2, 0.25) is 0 Å². The highest BCUT2D eigenvalue weighted by molar-refractivity contribution is 9.10. The number of rotatable bonds is 2. The Bertz CT molecular complexity index is 638. The molecule has 0 fully saturated rings. The Morgan fingerprint density at radius 3 is 2.55 bits per heavy atom. The topological polar surface area (TPSA) is 41.1 Å². The van der Waals surface area contributed by atoms with Crippen LogP contribution in [0.3, 0.4) is 0 Å². The van der Waals surface area contributed by atoms with Crippen LogP contribution >= 0.6 is 15.9 Å². The number of halogens is 3. The van der Waals surface area contributed by atoms with Crippen molar-refractivity contribution >= 4 is 33.3 Å². The number of aryl methyl sites for hydroxylation is 1. The van der Waals surface area contributed by atoms with Gasteiger partial charge in [0.1, 0.15) is 5.82 Å². The van der Waals surface area contributed by atoms with E-state index in [2.05, 4.69) is 26.6 Å². The smallest absolute Gasteiger partial charge is 0.308 e. The number of urea groups is 1. The van der Waals surface area contributed by atoms with Gasteiger partial charge in [-0.25, -0.2) is 13.6 Å². The molecule has 0 heterocycles. The normalized spacial score (nSPS) is 10.2. The molecule has 2 N–H and O–H groups in total. The van der Waals surface area contributed by atoms with Crippen molar-refractivity contribution in [3.8, 4) is 0 Å². The number of anilines is 2. The Morgan fingerprint density at radius 1 is 1.15 bits per heavy atom. The second kappa shape index (κ2) is 6.00. The molecule has 0 saturated carbocycles. The van der Waals surface area contributed by atoms with E-state index < -0.39 is 17.7 Å². The van der Waals surface area contributed by atoms with E-state index in [1.807, 2.05) is 13.0 Å². The maximum Gasteiger partial charge on any atom is 0.323 e. The Kier molecular flexibility index (Phi) is 4.34. The monoisotopic (exact) mass is 340 g/mol. The summed E-state index contributed by atoms with van der Waals surface area (Å²) < 4.78 is 26.6. The first-order chi connectivity index (χ1) is 9.45. The molecular weight excluding hydrogens is 330 g/mol. The quantitative estimate of drug-likeness (QED) is 0.818. The van der Waals surface area contributed by atoms with Crippen molar-refractivity contribution in [3.05, 3.63) is 58.1 Å². The van der Waals surface area contributed by atoms with Gasteiger partial charge in [0.05, 0.1) is 5.69 Å². The fourth-order valence-electron chi connectivity index (χ4n) is 1.66. The molecule has 2 aromatic carbocycles. The van der Waals surface area contributed by atoms with Gasteiger partial charge >= 0.3 is 6.03 Å². The maximum absolute atomic E-state index is 13.6. The molecule has 0 unspecified atom stereocenters. The Morgan fingerprint density at radius 2 is 1.90 bits per heavy atom. The Hall–Kier alpha value is -1.95. The third kappa shape index (κ3) is 3.54. The zero-order valence-electron chi connectivity index (χ0n) is 10.5. The summed E-state index contributed by atoms with van der Waals surface area (Å²) >= 11 is 3.00. The summed E-state index contributed by atoms with van der Waals surface area (Å²) in [7, 11) is 0. The van der Waals surface area contributed by atoms with Crippen LogP contribution in [-0.4, -0.2) is 6.03 Å². The molecule has 6 heteroatoms. The summed E-state index contributed by atoms with van der Waals surface area (Å²) in [4.78, 5) is 11.8. The molecule has 0 radical (unpaired) electrons. The summed E-state index contributed by atoms with van der Waals surface area (Å²) in [5, 5.41) is 4.90. The molecule has 0 saturated heterocycles. The molecule has 0 spiro atoms. The van der Waals surface area contributed by atoms with Crippen LogP contribution < -0.4 is 10.6 Å². The van der Waals surface area contributed by atoms with Crippen molar-refractivity contribution in [2.24, 2.45) is 0 Å². The standard InChI is InChI=1S/C14H11BrF2N2O/c1-8-3-2-4-10(5-8)18-14(20)19-13-11(15)6-9(16)7-12(13)17/h2-7H,1H3,(H2,18,19,20). The van der Waals surface area contributed by atoms with E-state index in [0.717, 1.165) is 11.6 Å². The van der Waals surface area contributed by atoms with Crippen molar-refractivity contribution in [2.45, 2.75) is 6.92 Å². The molecule has 2 rings (SSSR count). The lowest BCUT2D eigenvalue weighted by atomic mass is 10.2. The van der Waals surface area contributed by atoms with Crippen molar-refractivity contribution in [1.82, 2.24) is 0 Å². The van der Waals surface area contributed by atoms with Crippen molar-refractivity contribution in [3.63, 3.8) is 0 Å². The predicted octanol–water partition coefficient (Wildman–Crippen LogP) is 4.68. The van der Waals surface area contributed by atoms with E-state index >= 15 is 0 Å². The number of nitrogens with one attached hydrogen (secondary N) is 2. The highest BCUT2D eigenvalue weighted by Crippen LogP contribution is 2.27. The molecule has 0 atom stereocenters. The van der Waals surface area contributed by atoms with Crippen LogP contribution in [0.25, 0.3) is 0 Å². The molecule has 0 aromatic heterocycles. The lowest BCUT2D eigenvalue weighted by molar-refractivity contribution is 0.262. The summed E-state index contributed by atoms with van der Waals surface area (Å²) in [5.74, 6) is -1.57. The number of carbonyl (C=O) groups is 1. The third-order valence-corrected chi connectivity index (χ3v) is 3.15. The van der Waals surface area contributed by atoms with Gasteiger partial charge < -0.3 is 10.6 Å². The first kappa shape index (κ1) is 14.5. The molecule has 3 nitrogen and oxygen atoms in total. The maximum atomic E-state index is 13.6. The molecule has 2 aromatic rings. The Balaban J connectivity index is 2.13. The van der Waals surface area contributed by atoms with Gasteiger partial charge in [0.15, 0.2) is 5.82 Å². The molecule has 104 valence electrons. The predicted molar refractivity (Wildman–Crippen MR) is 77.9 cm³/mol. The number of carbonyl (C=O) groups excluding carboxylic acids is 1. The molecule has 0 aliphatic heterocycles. The van der Waals surface area contributed by atoms with Gasteiger partial charge in [-0.2, -0.15) is 0 Å². The van der Waals surface area contributed by atoms with E-state index in [1.165, 1.54) is 0 Å². The van der Waals surface area contributed by atoms with Crippen molar-refractivity contribution < 1.29 is 13.6 Å². The molecule has 0 aliphatic rings. The summed E-state index contributed by atoms with van der Waals surface area (Å²) in [6.07, 6.45) is 0. The Labute approximate surface area is 123 Å². The highest BCUT2D eigenvalue weighted by Gasteiger charge is 2.12. The minimum atomic E-state index is -0.851. The minimum absolute atomic E-state index is 0.114. The number of benzene rings is 2. The van der Waals surface area contributed by atoms with E-state index in [0.29, 0.717) is 11.8 Å². The average molecular weight is 341 g/mol. The van der Waals surface area contributed by atoms with Crippen molar-refractivity contribution in [1.29, 1.82) is 0 Å². The van der Waals surface area contributed by atoms with Gasteiger partial charge in [0.2, 0.25) is 0 Å². The van der Waals surface area contributed by atoms with Gasteiger partial charge in [-0.1, -0.05) is 12.1 Å². The molecule has 0 bridgehead atoms. The van der Waals surface area contributed by atoms with E-state index in [4.69, 9.17) is 0 Å². The number of amides is 2. The van der Waals surface area contributed by atoms with Crippen molar-refractivity contribution in [2.75, 3.05) is 10.6 Å². The van der Waals surface area contributed by atoms with E-state index in [9.17, 15) is 13.6 Å². The molecule has 0 aliphatic carbocycles. The lowest BCUT2D eigenvalue weighted by Crippen LogP contribution is -2.20. The van der Waals surface area contributed by atoms with Crippen LogP contribution in [0, 0.1) is 18.6 Å². The number of hydrogen-bond acceptors (Lipinski definition) is 1. The summed E-state index contributed by atoms with van der Waals surface area (Å²) in [5.41, 5.74) is 1.45. The van der Waals surface area contributed by atoms with Crippen LogP contribution in [0.5, 0.6) is 0 Å². The molecule has 2 amide bonds. The fourth-order valence-corrected chi connectivity index (χ4v) is 2.17. The van der Waals surface area contributed by atoms with Gasteiger partial charge in [-0.15, -0.1) is 0 Å². The lowest BCUT2D eigenvalue weighted by Gasteiger charge is -2.10. The summed E-state index contributed by atoms with van der Waals surface area (Å²) in [6, 6.07) is 8.33. The van der Waals surface area contributed by atoms with Crippen LogP contribution in [0.15, 0.2) is 40.9 Å².